The summed E-state index contributed by atoms with van der Waals surface area (Å²) >= 11 is 0. The minimum absolute atomic E-state index is 0.162. The maximum absolute atomic E-state index is 13.8. The molecule has 3 aromatic rings. The van der Waals surface area contributed by atoms with E-state index in [1.54, 1.807) is 0 Å². The molecular weight excluding hydrogens is 560 g/mol. The number of ether oxygens (including phenoxy) is 3. The van der Waals surface area contributed by atoms with Crippen molar-refractivity contribution in [2.24, 2.45) is 5.41 Å². The van der Waals surface area contributed by atoms with Crippen LogP contribution >= 0.6 is 0 Å². The maximum atomic E-state index is 13.8. The zero-order valence-electron chi connectivity index (χ0n) is 28.8. The molecule has 5 rings (SSSR count). The van der Waals surface area contributed by atoms with Crippen molar-refractivity contribution < 1.29 is 19.0 Å². The molecule has 0 spiro atoms. The van der Waals surface area contributed by atoms with E-state index in [1.165, 1.54) is 11.1 Å². The number of aromatic nitrogens is 1. The molecule has 0 bridgehead atoms. The molecule has 0 saturated carbocycles. The molecule has 1 unspecified atom stereocenters. The molecule has 1 fully saturated rings. The van der Waals surface area contributed by atoms with Crippen LogP contribution in [0.1, 0.15) is 102 Å². The van der Waals surface area contributed by atoms with Gasteiger partial charge in [0.15, 0.2) is 6.10 Å². The predicted octanol–water partition coefficient (Wildman–Crippen LogP) is 8.74. The number of rotatable bonds is 8. The predicted molar refractivity (Wildman–Crippen MR) is 182 cm³/mol. The number of anilines is 1. The molecule has 2 atom stereocenters. The van der Waals surface area contributed by atoms with Crippen LogP contribution in [-0.2, 0) is 27.1 Å². The molecule has 2 aliphatic heterocycles. The number of hydrogen-bond donors (Lipinski definition) is 0. The van der Waals surface area contributed by atoms with Gasteiger partial charge in [0.2, 0.25) is 0 Å². The van der Waals surface area contributed by atoms with Crippen molar-refractivity contribution in [3.05, 3.63) is 76.6 Å². The Kier molecular flexibility index (Phi) is 9.65. The molecule has 1 aromatic heterocycles. The number of carbonyl (C=O) groups excluding carboxylic acids is 1. The van der Waals surface area contributed by atoms with Gasteiger partial charge in [0.1, 0.15) is 11.9 Å². The van der Waals surface area contributed by atoms with E-state index in [4.69, 9.17) is 19.2 Å². The zero-order chi connectivity index (χ0) is 32.5. The fourth-order valence-corrected chi connectivity index (χ4v) is 6.66. The molecule has 6 nitrogen and oxygen atoms in total. The van der Waals surface area contributed by atoms with Crippen LogP contribution in [-0.4, -0.2) is 41.9 Å². The third-order valence-electron chi connectivity index (χ3n) is 9.00. The average Bonchev–Trinajstić information content (AvgIpc) is 2.95. The van der Waals surface area contributed by atoms with Crippen LogP contribution in [0, 0.1) is 19.3 Å². The number of hydrogen-bond acceptors (Lipinski definition) is 6. The van der Waals surface area contributed by atoms with Crippen molar-refractivity contribution in [2.45, 2.75) is 118 Å². The number of piperidine rings is 1. The lowest BCUT2D eigenvalue weighted by Gasteiger charge is -2.41. The zero-order valence-corrected chi connectivity index (χ0v) is 28.8. The quantitative estimate of drug-likeness (QED) is 0.237. The molecule has 0 N–H and O–H groups in total. The van der Waals surface area contributed by atoms with E-state index in [2.05, 4.69) is 74.2 Å². The lowest BCUT2D eigenvalue weighted by molar-refractivity contribution is -0.171. The van der Waals surface area contributed by atoms with Crippen LogP contribution in [0.2, 0.25) is 0 Å². The van der Waals surface area contributed by atoms with E-state index in [1.807, 2.05) is 41.5 Å². The first kappa shape index (κ1) is 33.0. The smallest absolute Gasteiger partial charge is 0.340 e. The summed E-state index contributed by atoms with van der Waals surface area (Å²) in [4.78, 5) is 21.3. The molecule has 242 valence electrons. The minimum atomic E-state index is -0.899. The first-order chi connectivity index (χ1) is 21.2. The summed E-state index contributed by atoms with van der Waals surface area (Å²) < 4.78 is 18.9. The van der Waals surface area contributed by atoms with Gasteiger partial charge in [0, 0.05) is 42.0 Å². The second-order valence-corrected chi connectivity index (χ2v) is 15.0. The average molecular weight is 613 g/mol. The van der Waals surface area contributed by atoms with Crippen molar-refractivity contribution in [1.29, 1.82) is 0 Å². The Morgan fingerprint density at radius 2 is 1.73 bits per heavy atom. The van der Waals surface area contributed by atoms with Gasteiger partial charge in [0.05, 0.1) is 17.4 Å². The number of esters is 1. The van der Waals surface area contributed by atoms with Gasteiger partial charge in [-0.3, -0.25) is 4.98 Å². The lowest BCUT2D eigenvalue weighted by Crippen LogP contribution is -2.39. The number of nitrogens with zero attached hydrogens (tertiary/aromatic N) is 2. The van der Waals surface area contributed by atoms with Gasteiger partial charge in [-0.2, -0.15) is 0 Å². The third-order valence-corrected chi connectivity index (χ3v) is 9.00. The van der Waals surface area contributed by atoms with E-state index < -0.39 is 11.7 Å². The highest BCUT2D eigenvalue weighted by Crippen LogP contribution is 2.46. The summed E-state index contributed by atoms with van der Waals surface area (Å²) in [5.74, 6) is 0.584. The van der Waals surface area contributed by atoms with E-state index in [-0.39, 0.29) is 23.6 Å². The molecule has 0 amide bonds. The molecule has 3 heterocycles. The fourth-order valence-electron chi connectivity index (χ4n) is 6.66. The second kappa shape index (κ2) is 13.2. The number of benzene rings is 2. The van der Waals surface area contributed by atoms with Crippen LogP contribution in [0.15, 0.2) is 48.5 Å². The summed E-state index contributed by atoms with van der Waals surface area (Å²) in [6.45, 7) is 20.3. The Hall–Kier alpha value is -3.38. The molecule has 0 radical (unpaired) electrons. The van der Waals surface area contributed by atoms with Crippen molar-refractivity contribution in [2.75, 3.05) is 18.0 Å². The van der Waals surface area contributed by atoms with Crippen molar-refractivity contribution in [3.8, 4) is 16.9 Å². The first-order valence-electron chi connectivity index (χ1n) is 16.7. The van der Waals surface area contributed by atoms with Crippen LogP contribution < -0.4 is 9.64 Å². The fraction of sp³-hybridized carbons (Fsp3) is 0.538. The lowest BCUT2D eigenvalue weighted by atomic mass is 9.81. The largest absolute Gasteiger partial charge is 0.490 e. The Morgan fingerprint density at radius 1 is 1.04 bits per heavy atom. The van der Waals surface area contributed by atoms with Gasteiger partial charge in [-0.05, 0) is 108 Å². The highest BCUT2D eigenvalue weighted by Gasteiger charge is 2.38. The summed E-state index contributed by atoms with van der Waals surface area (Å²) in [7, 11) is 0. The van der Waals surface area contributed by atoms with Gasteiger partial charge in [-0.1, -0.05) is 50.2 Å². The van der Waals surface area contributed by atoms with Gasteiger partial charge in [0.25, 0.3) is 0 Å². The van der Waals surface area contributed by atoms with Crippen molar-refractivity contribution in [1.82, 2.24) is 4.98 Å². The first-order valence-corrected chi connectivity index (χ1v) is 16.7. The van der Waals surface area contributed by atoms with Gasteiger partial charge in [-0.25, -0.2) is 4.79 Å². The van der Waals surface area contributed by atoms with E-state index in [9.17, 15) is 4.79 Å². The van der Waals surface area contributed by atoms with Crippen LogP contribution in [0.25, 0.3) is 11.1 Å². The summed E-state index contributed by atoms with van der Waals surface area (Å²) in [5, 5.41) is 0. The topological polar surface area (TPSA) is 60.9 Å². The number of carbonyl (C=O) groups is 1. The third kappa shape index (κ3) is 7.89. The van der Waals surface area contributed by atoms with Crippen molar-refractivity contribution >= 4 is 11.7 Å². The maximum Gasteiger partial charge on any atom is 0.340 e. The molecule has 2 aliphatic rings. The highest BCUT2D eigenvalue weighted by molar-refractivity contribution is 5.89. The summed E-state index contributed by atoms with van der Waals surface area (Å²) in [6.07, 6.45) is 3.96. The molecule has 0 aliphatic carbocycles. The molecule has 2 aromatic carbocycles. The number of pyridine rings is 1. The minimum Gasteiger partial charge on any atom is -0.490 e. The van der Waals surface area contributed by atoms with Gasteiger partial charge >= 0.3 is 5.97 Å². The highest BCUT2D eigenvalue weighted by atomic mass is 16.6. The van der Waals surface area contributed by atoms with Crippen LogP contribution in [0.3, 0.4) is 0 Å². The van der Waals surface area contributed by atoms with Gasteiger partial charge < -0.3 is 19.1 Å². The SMILES string of the molecule is Cc1nc(C)c(C(OC(C)(C)C)C(=O)OC(C)C)c(N2CCC(C)(C)CC2)c1-c1ccc2c(c1)CC[C@@H](Cc1ccccc1)O2. The monoisotopic (exact) mass is 612 g/mol. The van der Waals surface area contributed by atoms with E-state index >= 15 is 0 Å². The van der Waals surface area contributed by atoms with Crippen molar-refractivity contribution in [3.63, 3.8) is 0 Å². The van der Waals surface area contributed by atoms with E-state index in [0.29, 0.717) is 0 Å². The molecular formula is C39H52N2O4. The summed E-state index contributed by atoms with van der Waals surface area (Å²) in [5.41, 5.74) is 7.97. The Bertz CT molecular complexity index is 1500. The molecule has 1 saturated heterocycles. The van der Waals surface area contributed by atoms with Gasteiger partial charge in [-0.15, -0.1) is 0 Å². The second-order valence-electron chi connectivity index (χ2n) is 15.0. The molecule has 6 heteroatoms. The normalized spacial score (nSPS) is 18.7. The molecule has 45 heavy (non-hydrogen) atoms. The summed E-state index contributed by atoms with van der Waals surface area (Å²) in [6, 6.07) is 17.1. The van der Waals surface area contributed by atoms with E-state index in [0.717, 1.165) is 84.7 Å². The number of fused-ring (bicyclic) bond motifs is 1. The van der Waals surface area contributed by atoms with Crippen LogP contribution in [0.4, 0.5) is 5.69 Å². The Labute approximate surface area is 270 Å². The van der Waals surface area contributed by atoms with Crippen LogP contribution in [0.5, 0.6) is 5.75 Å². The Balaban J connectivity index is 1.60. The standard InChI is InChI=1S/C39H52N2O4/c1-25(2)43-37(42)36(45-38(5,6)7)34-27(4)40-26(3)33(35(34)41-21-19-39(8,9)20-22-41)30-16-18-32-29(24-30)15-17-31(44-32)23-28-13-11-10-12-14-28/h10-14,16,18,24-25,31,36H,15,17,19-23H2,1-9H3/t31-,36?/m0/s1. The number of aryl methyl sites for hydroxylation is 3. The Morgan fingerprint density at radius 3 is 2.38 bits per heavy atom.